The summed E-state index contributed by atoms with van der Waals surface area (Å²) in [5, 5.41) is 0.960. The summed E-state index contributed by atoms with van der Waals surface area (Å²) < 4.78 is 0. The maximum absolute atomic E-state index is 5.86. The van der Waals surface area contributed by atoms with Crippen LogP contribution in [0.1, 0.15) is 5.56 Å². The molecule has 0 amide bonds. The van der Waals surface area contributed by atoms with Crippen molar-refractivity contribution in [1.82, 2.24) is 4.98 Å². The topological polar surface area (TPSA) is 12.9 Å². The van der Waals surface area contributed by atoms with E-state index in [1.165, 1.54) is 0 Å². The first-order chi connectivity index (χ1) is 5.25. The van der Waals surface area contributed by atoms with Crippen molar-refractivity contribution in [3.05, 3.63) is 28.0 Å². The van der Waals surface area contributed by atoms with Gasteiger partial charge in [0, 0.05) is 11.9 Å². The average molecular weight is 208 g/mol. The van der Waals surface area contributed by atoms with Gasteiger partial charge in [0.2, 0.25) is 0 Å². The van der Waals surface area contributed by atoms with E-state index in [2.05, 4.69) is 4.98 Å². The van der Waals surface area contributed by atoms with Crippen LogP contribution in [0, 0.1) is 0 Å². The zero-order valence-corrected chi connectivity index (χ0v) is 8.30. The lowest BCUT2D eigenvalue weighted by Gasteiger charge is -2.01. The van der Waals surface area contributed by atoms with Crippen molar-refractivity contribution in [3.63, 3.8) is 0 Å². The van der Waals surface area contributed by atoms with Gasteiger partial charge in [-0.2, -0.15) is 11.8 Å². The van der Waals surface area contributed by atoms with Gasteiger partial charge in [-0.05, 0) is 17.9 Å². The molecular formula is C7H7Cl2NS. The lowest BCUT2D eigenvalue weighted by atomic mass is 10.3. The molecule has 4 heteroatoms. The number of hydrogen-bond donors (Lipinski definition) is 0. The van der Waals surface area contributed by atoms with Crippen LogP contribution in [0.25, 0.3) is 0 Å². The molecule has 1 aromatic rings. The average Bonchev–Trinajstić information content (AvgIpc) is 1.99. The predicted octanol–water partition coefficient (Wildman–Crippen LogP) is 3.25. The van der Waals surface area contributed by atoms with Crippen LogP contribution in [0.2, 0.25) is 10.2 Å². The van der Waals surface area contributed by atoms with Gasteiger partial charge >= 0.3 is 0 Å². The van der Waals surface area contributed by atoms with E-state index in [1.54, 1.807) is 18.0 Å². The molecule has 1 nitrogen and oxygen atoms in total. The van der Waals surface area contributed by atoms with Gasteiger partial charge in [-0.25, -0.2) is 4.98 Å². The minimum atomic E-state index is 0.387. The highest BCUT2D eigenvalue weighted by atomic mass is 35.5. The molecule has 0 fully saturated rings. The third-order valence-electron chi connectivity index (χ3n) is 1.23. The van der Waals surface area contributed by atoms with E-state index in [4.69, 9.17) is 23.2 Å². The summed E-state index contributed by atoms with van der Waals surface area (Å²) in [6.07, 6.45) is 3.68. The molecule has 0 aliphatic heterocycles. The molecule has 0 atom stereocenters. The Balaban J connectivity index is 2.96. The molecule has 0 N–H and O–H groups in total. The van der Waals surface area contributed by atoms with Gasteiger partial charge in [-0.15, -0.1) is 0 Å². The van der Waals surface area contributed by atoms with Gasteiger partial charge in [0.15, 0.2) is 0 Å². The number of pyridine rings is 1. The highest BCUT2D eigenvalue weighted by molar-refractivity contribution is 7.97. The summed E-state index contributed by atoms with van der Waals surface area (Å²) in [7, 11) is 0. The maximum Gasteiger partial charge on any atom is 0.147 e. The van der Waals surface area contributed by atoms with Crippen molar-refractivity contribution >= 4 is 35.0 Å². The number of halogens is 2. The van der Waals surface area contributed by atoms with E-state index in [0.717, 1.165) is 11.3 Å². The van der Waals surface area contributed by atoms with Crippen LogP contribution in [0.3, 0.4) is 0 Å². The highest BCUT2D eigenvalue weighted by Crippen LogP contribution is 2.25. The first kappa shape index (κ1) is 9.17. The standard InChI is InChI=1S/C7H7Cl2NS/c1-11-4-5-2-3-10-7(9)6(5)8/h2-3H,4H2,1H3. The van der Waals surface area contributed by atoms with Crippen LogP contribution in [0.5, 0.6) is 0 Å². The molecule has 1 heterocycles. The fourth-order valence-electron chi connectivity index (χ4n) is 0.722. The molecule has 1 aromatic heterocycles. The van der Waals surface area contributed by atoms with E-state index in [1.807, 2.05) is 12.3 Å². The monoisotopic (exact) mass is 207 g/mol. The quantitative estimate of drug-likeness (QED) is 0.692. The number of nitrogens with zero attached hydrogens (tertiary/aromatic N) is 1. The Morgan fingerprint density at radius 3 is 2.91 bits per heavy atom. The Hall–Kier alpha value is 0.0800. The normalized spacial score (nSPS) is 10.1. The van der Waals surface area contributed by atoms with Crippen LogP contribution in [0.4, 0.5) is 0 Å². The van der Waals surface area contributed by atoms with Gasteiger partial charge < -0.3 is 0 Å². The van der Waals surface area contributed by atoms with Gasteiger partial charge in [-0.3, -0.25) is 0 Å². The van der Waals surface area contributed by atoms with E-state index >= 15 is 0 Å². The van der Waals surface area contributed by atoms with E-state index in [9.17, 15) is 0 Å². The van der Waals surface area contributed by atoms with Crippen LogP contribution < -0.4 is 0 Å². The molecule has 0 saturated heterocycles. The fraction of sp³-hybridized carbons (Fsp3) is 0.286. The van der Waals surface area contributed by atoms with E-state index in [0.29, 0.717) is 10.2 Å². The first-order valence-corrected chi connectivity index (χ1v) is 5.18. The smallest absolute Gasteiger partial charge is 0.147 e. The third-order valence-corrected chi connectivity index (χ3v) is 2.63. The fourth-order valence-corrected chi connectivity index (χ4v) is 1.71. The van der Waals surface area contributed by atoms with Gasteiger partial charge in [0.25, 0.3) is 0 Å². The first-order valence-electron chi connectivity index (χ1n) is 3.03. The van der Waals surface area contributed by atoms with Gasteiger partial charge in [-0.1, -0.05) is 23.2 Å². The third kappa shape index (κ3) is 2.26. The van der Waals surface area contributed by atoms with Crippen molar-refractivity contribution in [2.45, 2.75) is 5.75 Å². The molecule has 0 radical (unpaired) electrons. The van der Waals surface area contributed by atoms with Gasteiger partial charge in [0.1, 0.15) is 5.15 Å². The summed E-state index contributed by atoms with van der Waals surface area (Å²) in [6.45, 7) is 0. The molecule has 0 spiro atoms. The van der Waals surface area contributed by atoms with Crippen molar-refractivity contribution < 1.29 is 0 Å². The number of rotatable bonds is 2. The van der Waals surface area contributed by atoms with Crippen LogP contribution in [-0.4, -0.2) is 11.2 Å². The minimum Gasteiger partial charge on any atom is -0.243 e. The summed E-state index contributed by atoms with van der Waals surface area (Å²) >= 11 is 13.3. The second-order valence-electron chi connectivity index (χ2n) is 2.01. The molecule has 0 aliphatic rings. The summed E-state index contributed by atoms with van der Waals surface area (Å²) in [5.41, 5.74) is 1.04. The van der Waals surface area contributed by atoms with Crippen molar-refractivity contribution in [2.75, 3.05) is 6.26 Å². The van der Waals surface area contributed by atoms with Gasteiger partial charge in [0.05, 0.1) is 5.02 Å². The molecule has 11 heavy (non-hydrogen) atoms. The molecule has 0 bridgehead atoms. The van der Waals surface area contributed by atoms with Crippen LogP contribution >= 0.6 is 35.0 Å². The number of aromatic nitrogens is 1. The van der Waals surface area contributed by atoms with E-state index in [-0.39, 0.29) is 0 Å². The molecule has 1 rings (SSSR count). The summed E-state index contributed by atoms with van der Waals surface area (Å²) in [4.78, 5) is 3.85. The van der Waals surface area contributed by atoms with Crippen molar-refractivity contribution in [1.29, 1.82) is 0 Å². The number of hydrogen-bond acceptors (Lipinski definition) is 2. The Bertz CT molecular complexity index is 252. The largest absolute Gasteiger partial charge is 0.243 e. The Morgan fingerprint density at radius 2 is 2.27 bits per heavy atom. The molecular weight excluding hydrogens is 201 g/mol. The highest BCUT2D eigenvalue weighted by Gasteiger charge is 2.03. The Morgan fingerprint density at radius 1 is 1.55 bits per heavy atom. The molecule has 0 aliphatic carbocycles. The lowest BCUT2D eigenvalue weighted by Crippen LogP contribution is -1.84. The second kappa shape index (κ2) is 4.19. The SMILES string of the molecule is CSCc1ccnc(Cl)c1Cl. The second-order valence-corrected chi connectivity index (χ2v) is 3.61. The molecule has 0 aromatic carbocycles. The van der Waals surface area contributed by atoms with Crippen molar-refractivity contribution in [3.8, 4) is 0 Å². The van der Waals surface area contributed by atoms with Crippen LogP contribution in [0.15, 0.2) is 12.3 Å². The van der Waals surface area contributed by atoms with Crippen molar-refractivity contribution in [2.24, 2.45) is 0 Å². The predicted molar refractivity (Wildman–Crippen MR) is 51.5 cm³/mol. The maximum atomic E-state index is 5.86. The zero-order chi connectivity index (χ0) is 8.27. The number of thioether (sulfide) groups is 1. The lowest BCUT2D eigenvalue weighted by molar-refractivity contribution is 1.27. The minimum absolute atomic E-state index is 0.387. The molecule has 0 saturated carbocycles. The summed E-state index contributed by atoms with van der Waals surface area (Å²) in [6, 6.07) is 1.88. The molecule has 0 unspecified atom stereocenters. The zero-order valence-electron chi connectivity index (χ0n) is 5.97. The Labute approximate surface area is 80.1 Å². The Kier molecular flexibility index (Phi) is 3.49. The van der Waals surface area contributed by atoms with Crippen LogP contribution in [-0.2, 0) is 5.75 Å². The summed E-state index contributed by atoms with van der Waals surface area (Å²) in [5.74, 6) is 0.876. The van der Waals surface area contributed by atoms with E-state index < -0.39 is 0 Å². The molecule has 60 valence electrons.